The third-order valence-electron chi connectivity index (χ3n) is 1.89. The van der Waals surface area contributed by atoms with Gasteiger partial charge in [0.05, 0.1) is 0 Å². The zero-order valence-electron chi connectivity index (χ0n) is 10.7. The Bertz CT molecular complexity index is 273. The molecule has 0 bridgehead atoms. The van der Waals surface area contributed by atoms with Crippen molar-refractivity contribution in [2.24, 2.45) is 0 Å². The van der Waals surface area contributed by atoms with Gasteiger partial charge >= 0.3 is 0 Å². The van der Waals surface area contributed by atoms with Crippen molar-refractivity contribution in [3.8, 4) is 11.5 Å². The molecule has 0 spiro atoms. The molecular weight excluding hydrogens is 311 g/mol. The normalized spacial score (nSPS) is 12.9. The first-order chi connectivity index (χ1) is 6.90. The quantitative estimate of drug-likeness (QED) is 0.379. The fourth-order valence-electron chi connectivity index (χ4n) is 1.15. The van der Waals surface area contributed by atoms with E-state index in [4.69, 9.17) is 0 Å². The summed E-state index contributed by atoms with van der Waals surface area (Å²) in [7, 11) is -1.22. The van der Waals surface area contributed by atoms with E-state index < -0.39 is 8.07 Å². The lowest BCUT2D eigenvalue weighted by Crippen LogP contribution is -2.16. The van der Waals surface area contributed by atoms with E-state index in [1.807, 2.05) is 0 Å². The van der Waals surface area contributed by atoms with Gasteiger partial charge in [-0.2, -0.15) is 0 Å². The molecule has 0 aromatic carbocycles. The van der Waals surface area contributed by atoms with E-state index >= 15 is 0 Å². The van der Waals surface area contributed by atoms with Crippen LogP contribution in [0.25, 0.3) is 0 Å². The molecule has 15 heavy (non-hydrogen) atoms. The van der Waals surface area contributed by atoms with Crippen molar-refractivity contribution in [1.82, 2.24) is 0 Å². The Labute approximate surface area is 110 Å². The van der Waals surface area contributed by atoms with Crippen LogP contribution >= 0.6 is 22.6 Å². The summed E-state index contributed by atoms with van der Waals surface area (Å²) < 4.78 is 1.47. The van der Waals surface area contributed by atoms with Gasteiger partial charge in [-0.15, -0.1) is 5.54 Å². The average Bonchev–Trinajstić information content (AvgIpc) is 2.11. The van der Waals surface area contributed by atoms with Gasteiger partial charge in [-0.3, -0.25) is 0 Å². The maximum atomic E-state index is 3.47. The van der Waals surface area contributed by atoms with Crippen LogP contribution in [0, 0.1) is 11.5 Å². The van der Waals surface area contributed by atoms with Crippen LogP contribution in [0.4, 0.5) is 0 Å². The molecule has 0 saturated carbocycles. The standard InChI is InChI=1S/C13H23ISi/c1-6-8-12(13(14)9-7-2)10-11-15(3,4)5/h6-9H2,1-5H3. The summed E-state index contributed by atoms with van der Waals surface area (Å²) in [5.41, 5.74) is 4.86. The molecule has 0 aliphatic rings. The molecule has 0 fully saturated rings. The molecule has 0 radical (unpaired) electrons. The van der Waals surface area contributed by atoms with Gasteiger partial charge in [0.25, 0.3) is 0 Å². The summed E-state index contributed by atoms with van der Waals surface area (Å²) in [6.07, 6.45) is 4.76. The van der Waals surface area contributed by atoms with Crippen LogP contribution in [-0.2, 0) is 0 Å². The van der Waals surface area contributed by atoms with E-state index in [1.165, 1.54) is 28.4 Å². The highest BCUT2D eigenvalue weighted by atomic mass is 127. The Morgan fingerprint density at radius 1 is 1.07 bits per heavy atom. The predicted molar refractivity (Wildman–Crippen MR) is 82.0 cm³/mol. The summed E-state index contributed by atoms with van der Waals surface area (Å²) in [6.45, 7) is 11.4. The second kappa shape index (κ2) is 7.51. The molecule has 0 saturated heterocycles. The van der Waals surface area contributed by atoms with E-state index in [-0.39, 0.29) is 0 Å². The lowest BCUT2D eigenvalue weighted by molar-refractivity contribution is 0.896. The van der Waals surface area contributed by atoms with Crippen molar-refractivity contribution in [2.75, 3.05) is 0 Å². The SMILES string of the molecule is CCCC(I)=C(C#C[Si](C)(C)C)CCC. The molecule has 0 N–H and O–H groups in total. The van der Waals surface area contributed by atoms with Crippen molar-refractivity contribution < 1.29 is 0 Å². The van der Waals surface area contributed by atoms with Crippen LogP contribution in [0.15, 0.2) is 9.15 Å². The van der Waals surface area contributed by atoms with Gasteiger partial charge in [0.2, 0.25) is 0 Å². The van der Waals surface area contributed by atoms with Crippen molar-refractivity contribution in [3.05, 3.63) is 9.15 Å². The van der Waals surface area contributed by atoms with Gasteiger partial charge in [-0.25, -0.2) is 0 Å². The second-order valence-electron chi connectivity index (χ2n) is 4.88. The zero-order valence-corrected chi connectivity index (χ0v) is 13.9. The topological polar surface area (TPSA) is 0 Å². The monoisotopic (exact) mass is 334 g/mol. The van der Waals surface area contributed by atoms with Gasteiger partial charge in [0.15, 0.2) is 0 Å². The highest BCUT2D eigenvalue weighted by molar-refractivity contribution is 14.1. The minimum atomic E-state index is -1.22. The van der Waals surface area contributed by atoms with Crippen LogP contribution in [-0.4, -0.2) is 8.07 Å². The summed E-state index contributed by atoms with van der Waals surface area (Å²) in [5, 5.41) is 0. The largest absolute Gasteiger partial charge is 0.129 e. The van der Waals surface area contributed by atoms with Gasteiger partial charge in [0.1, 0.15) is 8.07 Å². The summed E-state index contributed by atoms with van der Waals surface area (Å²) in [6, 6.07) is 0. The molecule has 0 aliphatic carbocycles. The van der Waals surface area contributed by atoms with Crippen LogP contribution in [0.3, 0.4) is 0 Å². The van der Waals surface area contributed by atoms with Gasteiger partial charge in [-0.05, 0) is 35.4 Å². The van der Waals surface area contributed by atoms with Crippen LogP contribution in [0.1, 0.15) is 39.5 Å². The maximum absolute atomic E-state index is 3.47. The van der Waals surface area contributed by atoms with Crippen molar-refractivity contribution in [2.45, 2.75) is 59.2 Å². The maximum Gasteiger partial charge on any atom is 0.129 e. The molecule has 0 heterocycles. The first-order valence-electron chi connectivity index (χ1n) is 5.81. The molecule has 0 nitrogen and oxygen atoms in total. The highest BCUT2D eigenvalue weighted by Crippen LogP contribution is 2.21. The van der Waals surface area contributed by atoms with Gasteiger partial charge in [0, 0.05) is 9.15 Å². The number of hydrogen-bond acceptors (Lipinski definition) is 0. The molecule has 0 unspecified atom stereocenters. The third-order valence-corrected chi connectivity index (χ3v) is 3.95. The van der Waals surface area contributed by atoms with Crippen molar-refractivity contribution >= 4 is 30.7 Å². The summed E-state index contributed by atoms with van der Waals surface area (Å²) >= 11 is 2.47. The average molecular weight is 334 g/mol. The smallest absolute Gasteiger partial charge is 0.127 e. The van der Waals surface area contributed by atoms with E-state index in [0.717, 1.165) is 6.42 Å². The predicted octanol–water partition coefficient (Wildman–Crippen LogP) is 5.16. The fraction of sp³-hybridized carbons (Fsp3) is 0.692. The molecule has 0 rings (SSSR count). The van der Waals surface area contributed by atoms with Crippen LogP contribution < -0.4 is 0 Å². The van der Waals surface area contributed by atoms with Crippen molar-refractivity contribution in [3.63, 3.8) is 0 Å². The third kappa shape index (κ3) is 8.10. The van der Waals surface area contributed by atoms with E-state index in [2.05, 4.69) is 67.5 Å². The number of rotatable bonds is 4. The fourth-order valence-corrected chi connectivity index (χ4v) is 2.62. The molecular formula is C13H23ISi. The minimum Gasteiger partial charge on any atom is -0.127 e. The van der Waals surface area contributed by atoms with E-state index in [9.17, 15) is 0 Å². The second-order valence-corrected chi connectivity index (χ2v) is 10.9. The van der Waals surface area contributed by atoms with Gasteiger partial charge in [-0.1, -0.05) is 52.3 Å². The van der Waals surface area contributed by atoms with E-state index in [1.54, 1.807) is 0 Å². The minimum absolute atomic E-state index is 1.15. The molecule has 0 amide bonds. The van der Waals surface area contributed by atoms with Crippen molar-refractivity contribution in [1.29, 1.82) is 0 Å². The molecule has 0 aromatic heterocycles. The molecule has 0 atom stereocenters. The Morgan fingerprint density at radius 3 is 2.00 bits per heavy atom. The molecule has 2 heteroatoms. The zero-order chi connectivity index (χ0) is 11.9. The molecule has 0 aromatic rings. The number of hydrogen-bond donors (Lipinski definition) is 0. The first kappa shape index (κ1) is 15.2. The summed E-state index contributed by atoms with van der Waals surface area (Å²) in [4.78, 5) is 0. The van der Waals surface area contributed by atoms with Crippen LogP contribution in [0.5, 0.6) is 0 Å². The Balaban J connectivity index is 4.79. The first-order valence-corrected chi connectivity index (χ1v) is 10.4. The lowest BCUT2D eigenvalue weighted by atomic mass is 10.1. The Morgan fingerprint density at radius 2 is 1.60 bits per heavy atom. The van der Waals surface area contributed by atoms with Crippen LogP contribution in [0.2, 0.25) is 19.6 Å². The Hall–Kier alpha value is 0.247. The lowest BCUT2D eigenvalue weighted by Gasteiger charge is -2.06. The highest BCUT2D eigenvalue weighted by Gasteiger charge is 2.08. The van der Waals surface area contributed by atoms with Gasteiger partial charge < -0.3 is 0 Å². The summed E-state index contributed by atoms with van der Waals surface area (Å²) in [5.74, 6) is 3.43. The number of halogens is 1. The number of allylic oxidation sites excluding steroid dienone is 2. The van der Waals surface area contributed by atoms with E-state index in [0.29, 0.717) is 0 Å². The Kier molecular flexibility index (Phi) is 7.63. The molecule has 0 aliphatic heterocycles. The molecule has 86 valence electrons.